The van der Waals surface area contributed by atoms with E-state index >= 15 is 4.39 Å². The highest BCUT2D eigenvalue weighted by Crippen LogP contribution is 2.39. The number of halogens is 1. The Kier molecular flexibility index (Phi) is 7.68. The average molecular weight is 505 g/mol. The molecule has 1 aliphatic heterocycles. The Balaban J connectivity index is 1.69. The number of ether oxygens (including phenoxy) is 2. The Morgan fingerprint density at radius 2 is 1.84 bits per heavy atom. The van der Waals surface area contributed by atoms with Crippen LogP contribution in [0.25, 0.3) is 0 Å². The molecule has 37 heavy (non-hydrogen) atoms. The van der Waals surface area contributed by atoms with E-state index in [2.05, 4.69) is 5.92 Å². The predicted molar refractivity (Wildman–Crippen MR) is 133 cm³/mol. The van der Waals surface area contributed by atoms with Gasteiger partial charge in [-0.25, -0.2) is 14.1 Å². The van der Waals surface area contributed by atoms with Gasteiger partial charge in [0.1, 0.15) is 12.4 Å². The molecule has 2 aromatic rings. The number of rotatable bonds is 6. The fourth-order valence-electron chi connectivity index (χ4n) is 4.38. The fourth-order valence-corrected chi connectivity index (χ4v) is 4.38. The lowest BCUT2D eigenvalue weighted by molar-refractivity contribution is -0.141. The lowest BCUT2D eigenvalue weighted by Crippen LogP contribution is -2.41. The summed E-state index contributed by atoms with van der Waals surface area (Å²) in [5.41, 5.74) is 0.833. The highest BCUT2D eigenvalue weighted by atomic mass is 19.1. The number of carbonyl (C=O) groups is 4. The third kappa shape index (κ3) is 5.38. The molecular weight excluding hydrogens is 479 g/mol. The molecular formula is C28H25FN2O6. The van der Waals surface area contributed by atoms with Crippen LogP contribution >= 0.6 is 0 Å². The van der Waals surface area contributed by atoms with Gasteiger partial charge in [-0.2, -0.15) is 0 Å². The maximum Gasteiger partial charge on any atom is 0.334 e. The summed E-state index contributed by atoms with van der Waals surface area (Å²) in [6.07, 6.45) is 7.19. The first-order valence-electron chi connectivity index (χ1n) is 11.8. The van der Waals surface area contributed by atoms with Crippen LogP contribution in [0.15, 0.2) is 53.6 Å². The lowest BCUT2D eigenvalue weighted by Gasteiger charge is -2.30. The molecule has 0 N–H and O–H groups in total. The molecule has 0 atom stereocenters. The van der Waals surface area contributed by atoms with Gasteiger partial charge >= 0.3 is 5.97 Å². The molecule has 4 rings (SSSR count). The van der Waals surface area contributed by atoms with Crippen molar-refractivity contribution in [1.29, 1.82) is 0 Å². The maximum absolute atomic E-state index is 15.2. The highest BCUT2D eigenvalue weighted by Gasteiger charge is 2.34. The van der Waals surface area contributed by atoms with Gasteiger partial charge in [0.25, 0.3) is 11.8 Å². The molecule has 8 nitrogen and oxygen atoms in total. The van der Waals surface area contributed by atoms with Crippen LogP contribution in [0.3, 0.4) is 0 Å². The molecule has 2 aromatic carbocycles. The van der Waals surface area contributed by atoms with Crippen LogP contribution in [0, 0.1) is 18.2 Å². The van der Waals surface area contributed by atoms with Gasteiger partial charge in [-0.15, -0.1) is 6.42 Å². The third-order valence-corrected chi connectivity index (χ3v) is 6.16. The number of nitrogens with zero attached hydrogens (tertiary/aromatic N) is 2. The molecule has 1 heterocycles. The zero-order chi connectivity index (χ0) is 26.5. The van der Waals surface area contributed by atoms with Crippen molar-refractivity contribution in [2.45, 2.75) is 39.2 Å². The Hall–Kier alpha value is -4.45. The number of amides is 3. The quantitative estimate of drug-likeness (QED) is 0.440. The Bertz CT molecular complexity index is 1330. The number of hydrogen-bond donors (Lipinski definition) is 0. The molecule has 0 spiro atoms. The Morgan fingerprint density at radius 1 is 1.14 bits per heavy atom. The zero-order valence-electron chi connectivity index (χ0n) is 20.3. The summed E-state index contributed by atoms with van der Waals surface area (Å²) in [6.45, 7) is 0.731. The van der Waals surface area contributed by atoms with Gasteiger partial charge in [0.2, 0.25) is 5.91 Å². The average Bonchev–Trinajstić information content (AvgIpc) is 2.90. The van der Waals surface area contributed by atoms with Crippen molar-refractivity contribution in [3.63, 3.8) is 0 Å². The molecule has 2 aliphatic rings. The van der Waals surface area contributed by atoms with Crippen molar-refractivity contribution in [3.05, 3.63) is 65.0 Å². The minimum Gasteiger partial charge on any atom is -0.481 e. The van der Waals surface area contributed by atoms with Crippen LogP contribution in [0.2, 0.25) is 0 Å². The molecule has 0 saturated carbocycles. The summed E-state index contributed by atoms with van der Waals surface area (Å²) in [6, 6.07) is 11.3. The second-order valence-corrected chi connectivity index (χ2v) is 8.63. The van der Waals surface area contributed by atoms with E-state index in [9.17, 15) is 19.2 Å². The summed E-state index contributed by atoms with van der Waals surface area (Å²) in [4.78, 5) is 53.5. The number of carbonyl (C=O) groups excluding carboxylic acids is 4. The van der Waals surface area contributed by atoms with E-state index in [0.29, 0.717) is 24.2 Å². The molecule has 0 saturated heterocycles. The molecule has 0 unspecified atom stereocenters. The maximum atomic E-state index is 15.2. The second-order valence-electron chi connectivity index (χ2n) is 8.63. The number of benzene rings is 2. The number of fused-ring (bicyclic) bond motifs is 1. The summed E-state index contributed by atoms with van der Waals surface area (Å²) in [5.74, 6) is -1.15. The molecule has 1 aliphatic carbocycles. The SMILES string of the molecule is C#CCN1C(=O)COc2cc(F)c(N(C(C)=O)C(=O)C3=C(C(=O)OCc4ccccc4)CCCC3)cc21. The van der Waals surface area contributed by atoms with E-state index in [0.717, 1.165) is 18.6 Å². The standard InChI is InChI=1S/C28H25FN2O6/c1-3-13-30-24-15-23(22(29)14-25(24)36-17-26(30)33)31(18(2)32)27(34)20-11-7-8-12-21(20)28(35)37-16-19-9-5-4-6-10-19/h1,4-6,9-10,14-15H,7-8,11-13,16-17H2,2H3. The van der Waals surface area contributed by atoms with Gasteiger partial charge in [0.15, 0.2) is 12.4 Å². The predicted octanol–water partition coefficient (Wildman–Crippen LogP) is 3.68. The van der Waals surface area contributed by atoms with Crippen LogP contribution in [-0.4, -0.2) is 36.8 Å². The smallest absolute Gasteiger partial charge is 0.334 e. The monoisotopic (exact) mass is 504 g/mol. The molecule has 0 bridgehead atoms. The van der Waals surface area contributed by atoms with Crippen molar-refractivity contribution in [1.82, 2.24) is 0 Å². The van der Waals surface area contributed by atoms with E-state index in [4.69, 9.17) is 15.9 Å². The molecule has 0 fully saturated rings. The van der Waals surface area contributed by atoms with Crippen molar-refractivity contribution in [2.24, 2.45) is 0 Å². The van der Waals surface area contributed by atoms with Crippen LogP contribution < -0.4 is 14.5 Å². The zero-order valence-corrected chi connectivity index (χ0v) is 20.3. The summed E-state index contributed by atoms with van der Waals surface area (Å²) < 4.78 is 26.0. The topological polar surface area (TPSA) is 93.2 Å². The third-order valence-electron chi connectivity index (χ3n) is 6.16. The van der Waals surface area contributed by atoms with E-state index in [1.54, 1.807) is 0 Å². The first kappa shape index (κ1) is 25.6. The Labute approximate surface area is 213 Å². The van der Waals surface area contributed by atoms with E-state index in [1.807, 2.05) is 30.3 Å². The van der Waals surface area contributed by atoms with Gasteiger partial charge < -0.3 is 9.47 Å². The van der Waals surface area contributed by atoms with E-state index in [1.165, 1.54) is 11.0 Å². The number of esters is 1. The minimum atomic E-state index is -0.901. The number of terminal acetylenes is 1. The largest absolute Gasteiger partial charge is 0.481 e. The van der Waals surface area contributed by atoms with Crippen molar-refractivity contribution in [3.8, 4) is 18.1 Å². The molecule has 0 aromatic heterocycles. The summed E-state index contributed by atoms with van der Waals surface area (Å²) >= 11 is 0. The minimum absolute atomic E-state index is 0.0273. The van der Waals surface area contributed by atoms with Crippen LogP contribution in [0.4, 0.5) is 15.8 Å². The van der Waals surface area contributed by atoms with Gasteiger partial charge in [0, 0.05) is 24.1 Å². The molecule has 190 valence electrons. The summed E-state index contributed by atoms with van der Waals surface area (Å²) in [7, 11) is 0. The first-order valence-corrected chi connectivity index (χ1v) is 11.8. The van der Waals surface area contributed by atoms with E-state index < -0.39 is 29.5 Å². The number of imide groups is 1. The lowest BCUT2D eigenvalue weighted by atomic mass is 9.90. The van der Waals surface area contributed by atoms with Gasteiger partial charge in [-0.05, 0) is 37.3 Å². The van der Waals surface area contributed by atoms with E-state index in [-0.39, 0.29) is 54.4 Å². The highest BCUT2D eigenvalue weighted by molar-refractivity contribution is 6.22. The van der Waals surface area contributed by atoms with Crippen LogP contribution in [0.5, 0.6) is 5.75 Å². The van der Waals surface area contributed by atoms with Crippen LogP contribution in [0.1, 0.15) is 38.2 Å². The van der Waals surface area contributed by atoms with Gasteiger partial charge in [-0.1, -0.05) is 36.3 Å². The molecule has 3 amide bonds. The van der Waals surface area contributed by atoms with Gasteiger partial charge in [0.05, 0.1) is 17.9 Å². The van der Waals surface area contributed by atoms with Crippen molar-refractivity contribution < 1.29 is 33.0 Å². The number of hydrogen-bond acceptors (Lipinski definition) is 6. The molecule has 0 radical (unpaired) electrons. The second kappa shape index (κ2) is 11.1. The van der Waals surface area contributed by atoms with Crippen molar-refractivity contribution >= 4 is 35.1 Å². The van der Waals surface area contributed by atoms with Gasteiger partial charge in [-0.3, -0.25) is 19.3 Å². The fraction of sp³-hybridized carbons (Fsp3) is 0.286. The van der Waals surface area contributed by atoms with Crippen molar-refractivity contribution in [2.75, 3.05) is 23.0 Å². The van der Waals surface area contributed by atoms with Crippen LogP contribution in [-0.2, 0) is 30.5 Å². The summed E-state index contributed by atoms with van der Waals surface area (Å²) in [5, 5.41) is 0. The number of anilines is 2. The first-order chi connectivity index (χ1) is 17.8. The Morgan fingerprint density at radius 3 is 2.51 bits per heavy atom. The normalized spacial score (nSPS) is 14.8. The molecule has 9 heteroatoms.